The van der Waals surface area contributed by atoms with E-state index in [2.05, 4.69) is 72.9 Å². The molecule has 4 rings (SSSR count). The molecular formula is C22H27N. The van der Waals surface area contributed by atoms with E-state index in [1.807, 2.05) is 0 Å². The Kier molecular flexibility index (Phi) is 3.98. The van der Waals surface area contributed by atoms with Crippen molar-refractivity contribution in [2.45, 2.75) is 44.1 Å². The van der Waals surface area contributed by atoms with Crippen LogP contribution in [0.3, 0.4) is 0 Å². The van der Waals surface area contributed by atoms with E-state index >= 15 is 0 Å². The van der Waals surface area contributed by atoms with Gasteiger partial charge in [-0.2, -0.15) is 0 Å². The summed E-state index contributed by atoms with van der Waals surface area (Å²) in [6.45, 7) is 3.60. The van der Waals surface area contributed by atoms with Gasteiger partial charge in [0.1, 0.15) is 0 Å². The number of benzene rings is 2. The van der Waals surface area contributed by atoms with Gasteiger partial charge in [-0.15, -0.1) is 0 Å². The molecule has 0 aromatic heterocycles. The third-order valence-electron chi connectivity index (χ3n) is 6.22. The van der Waals surface area contributed by atoms with Crippen molar-refractivity contribution in [3.05, 3.63) is 71.8 Å². The van der Waals surface area contributed by atoms with Gasteiger partial charge in [0.25, 0.3) is 0 Å². The van der Waals surface area contributed by atoms with Gasteiger partial charge in [-0.25, -0.2) is 0 Å². The van der Waals surface area contributed by atoms with Gasteiger partial charge in [0.2, 0.25) is 0 Å². The van der Waals surface area contributed by atoms with E-state index in [4.69, 9.17) is 0 Å². The molecule has 4 unspecified atom stereocenters. The van der Waals surface area contributed by atoms with E-state index in [-0.39, 0.29) is 0 Å². The van der Waals surface area contributed by atoms with Gasteiger partial charge in [-0.1, -0.05) is 67.6 Å². The lowest BCUT2D eigenvalue weighted by molar-refractivity contribution is 0.0684. The third kappa shape index (κ3) is 2.95. The van der Waals surface area contributed by atoms with Crippen LogP contribution in [-0.4, -0.2) is 12.1 Å². The molecule has 0 amide bonds. The highest BCUT2D eigenvalue weighted by atomic mass is 15.0. The summed E-state index contributed by atoms with van der Waals surface area (Å²) < 4.78 is 0. The highest BCUT2D eigenvalue weighted by molar-refractivity contribution is 5.25. The monoisotopic (exact) mass is 305 g/mol. The molecule has 120 valence electrons. The summed E-state index contributed by atoms with van der Waals surface area (Å²) in [4.78, 5) is 0. The summed E-state index contributed by atoms with van der Waals surface area (Å²) >= 11 is 0. The van der Waals surface area contributed by atoms with E-state index in [9.17, 15) is 0 Å². The average Bonchev–Trinajstić information content (AvgIpc) is 2.61. The fourth-order valence-corrected chi connectivity index (χ4v) is 4.95. The predicted octanol–water partition coefficient (Wildman–Crippen LogP) is 4.79. The molecule has 1 heterocycles. The first-order valence-corrected chi connectivity index (χ1v) is 9.10. The molecule has 2 bridgehead atoms. The van der Waals surface area contributed by atoms with Crippen LogP contribution in [0.5, 0.6) is 0 Å². The molecule has 1 N–H and O–H groups in total. The highest BCUT2D eigenvalue weighted by Gasteiger charge is 2.46. The Hall–Kier alpha value is -1.60. The second-order valence-electron chi connectivity index (χ2n) is 7.72. The Morgan fingerprint density at radius 3 is 2.43 bits per heavy atom. The van der Waals surface area contributed by atoms with E-state index in [0.717, 1.165) is 17.8 Å². The molecule has 1 saturated carbocycles. The smallest absolute Gasteiger partial charge is 0.0225 e. The minimum Gasteiger partial charge on any atom is -0.311 e. The van der Waals surface area contributed by atoms with Crippen molar-refractivity contribution in [3.8, 4) is 0 Å². The molecule has 1 aliphatic heterocycles. The number of hydrogen-bond donors (Lipinski definition) is 1. The zero-order valence-corrected chi connectivity index (χ0v) is 14.0. The van der Waals surface area contributed by atoms with Crippen LogP contribution >= 0.6 is 0 Å². The van der Waals surface area contributed by atoms with Crippen LogP contribution in [0.1, 0.15) is 43.2 Å². The summed E-state index contributed by atoms with van der Waals surface area (Å²) in [6.07, 6.45) is 5.12. The van der Waals surface area contributed by atoms with Crippen molar-refractivity contribution >= 4 is 0 Å². The molecule has 2 aromatic carbocycles. The van der Waals surface area contributed by atoms with Gasteiger partial charge >= 0.3 is 0 Å². The normalized spacial score (nSPS) is 33.3. The van der Waals surface area contributed by atoms with Crippen LogP contribution in [0, 0.1) is 11.8 Å². The third-order valence-corrected chi connectivity index (χ3v) is 6.22. The lowest BCUT2D eigenvalue weighted by atomic mass is 9.60. The van der Waals surface area contributed by atoms with Crippen molar-refractivity contribution in [2.24, 2.45) is 11.8 Å². The maximum atomic E-state index is 3.93. The minimum absolute atomic E-state index is 0.323. The highest BCUT2D eigenvalue weighted by Crippen LogP contribution is 2.49. The quantitative estimate of drug-likeness (QED) is 0.859. The van der Waals surface area contributed by atoms with E-state index in [1.54, 1.807) is 5.56 Å². The Balaban J connectivity index is 1.57. The van der Waals surface area contributed by atoms with Crippen molar-refractivity contribution in [1.29, 1.82) is 0 Å². The van der Waals surface area contributed by atoms with Gasteiger partial charge in [-0.05, 0) is 61.1 Å². The Labute approximate surface area is 140 Å². The maximum Gasteiger partial charge on any atom is 0.0225 e. The van der Waals surface area contributed by atoms with Crippen molar-refractivity contribution in [2.75, 3.05) is 6.54 Å². The molecule has 1 saturated heterocycles. The molecule has 0 spiro atoms. The Bertz CT molecular complexity index is 636. The molecule has 4 atom stereocenters. The van der Waals surface area contributed by atoms with Crippen molar-refractivity contribution in [3.63, 3.8) is 0 Å². The van der Waals surface area contributed by atoms with Gasteiger partial charge in [0, 0.05) is 5.54 Å². The lowest BCUT2D eigenvalue weighted by Crippen LogP contribution is -2.58. The average molecular weight is 305 g/mol. The van der Waals surface area contributed by atoms with Gasteiger partial charge < -0.3 is 5.32 Å². The maximum absolute atomic E-state index is 3.93. The number of hydrogen-bond acceptors (Lipinski definition) is 1. The number of nitrogens with one attached hydrogen (secondary N) is 1. The summed E-state index contributed by atoms with van der Waals surface area (Å²) in [7, 11) is 0. The lowest BCUT2D eigenvalue weighted by Gasteiger charge is -2.52. The number of piperidine rings is 1. The fourth-order valence-electron chi connectivity index (χ4n) is 4.95. The van der Waals surface area contributed by atoms with Crippen LogP contribution in [-0.2, 0) is 6.42 Å². The number of fused-ring (bicyclic) bond motifs is 2. The van der Waals surface area contributed by atoms with Crippen LogP contribution in [0.15, 0.2) is 60.7 Å². The van der Waals surface area contributed by atoms with E-state index in [0.29, 0.717) is 5.54 Å². The Morgan fingerprint density at radius 1 is 1.00 bits per heavy atom. The molecule has 2 aliphatic rings. The first-order chi connectivity index (χ1) is 11.3. The number of rotatable bonds is 3. The van der Waals surface area contributed by atoms with Crippen molar-refractivity contribution in [1.82, 2.24) is 5.32 Å². The summed E-state index contributed by atoms with van der Waals surface area (Å²) in [5, 5.41) is 3.93. The summed E-state index contributed by atoms with van der Waals surface area (Å²) in [5.74, 6) is 2.33. The molecule has 1 aliphatic carbocycles. The topological polar surface area (TPSA) is 12.0 Å². The second kappa shape index (κ2) is 6.13. The molecule has 2 fully saturated rings. The molecular weight excluding hydrogens is 278 g/mol. The minimum atomic E-state index is 0.323. The predicted molar refractivity (Wildman–Crippen MR) is 96.6 cm³/mol. The summed E-state index contributed by atoms with van der Waals surface area (Å²) in [5.41, 5.74) is 3.36. The van der Waals surface area contributed by atoms with Crippen LogP contribution < -0.4 is 5.32 Å². The Morgan fingerprint density at radius 2 is 1.70 bits per heavy atom. The molecule has 2 aromatic rings. The summed E-state index contributed by atoms with van der Waals surface area (Å²) in [6, 6.07) is 22.2. The second-order valence-corrected chi connectivity index (χ2v) is 7.72. The van der Waals surface area contributed by atoms with Crippen LogP contribution in [0.4, 0.5) is 0 Å². The molecule has 23 heavy (non-hydrogen) atoms. The van der Waals surface area contributed by atoms with Gasteiger partial charge in [0.15, 0.2) is 0 Å². The van der Waals surface area contributed by atoms with E-state index in [1.165, 1.54) is 37.8 Å². The van der Waals surface area contributed by atoms with Gasteiger partial charge in [-0.3, -0.25) is 0 Å². The van der Waals surface area contributed by atoms with Gasteiger partial charge in [0.05, 0.1) is 0 Å². The largest absolute Gasteiger partial charge is 0.311 e. The van der Waals surface area contributed by atoms with E-state index < -0.39 is 0 Å². The van der Waals surface area contributed by atoms with Crippen LogP contribution in [0.25, 0.3) is 0 Å². The standard InChI is InChI=1S/C22H27N/c1-17-16-23-22(14-18-8-4-2-5-9-18)13-12-20(21(17)15-22)19-10-6-3-7-11-19/h2-11,17,20-21,23H,12-16H2,1H3. The zero-order valence-electron chi connectivity index (χ0n) is 14.0. The van der Waals surface area contributed by atoms with Crippen molar-refractivity contribution < 1.29 is 0 Å². The fraction of sp³-hybridized carbons (Fsp3) is 0.455. The van der Waals surface area contributed by atoms with Crippen LogP contribution in [0.2, 0.25) is 0 Å². The first kappa shape index (κ1) is 15.0. The SMILES string of the molecule is CC1CNC2(Cc3ccccc3)CCC(c3ccccc3)C1C2. The molecule has 0 radical (unpaired) electrons. The zero-order chi connectivity index (χ0) is 15.7. The first-order valence-electron chi connectivity index (χ1n) is 9.10. The molecule has 1 nitrogen and oxygen atoms in total. The molecule has 1 heteroatoms.